The van der Waals surface area contributed by atoms with Gasteiger partial charge in [0.05, 0.1) is 0 Å². The van der Waals surface area contributed by atoms with Gasteiger partial charge in [-0.3, -0.25) is 0 Å². The third-order valence-corrected chi connectivity index (χ3v) is 3.67. The van der Waals surface area contributed by atoms with Crippen LogP contribution in [0.4, 0.5) is 0 Å². The molecule has 0 heteroatoms. The van der Waals surface area contributed by atoms with Crippen LogP contribution in [0.15, 0.2) is 0 Å². The Morgan fingerprint density at radius 2 is 0.895 bits per heavy atom. The molecule has 19 heavy (non-hydrogen) atoms. The first kappa shape index (κ1) is 20.9. The van der Waals surface area contributed by atoms with Gasteiger partial charge in [0.2, 0.25) is 0 Å². The van der Waals surface area contributed by atoms with E-state index in [1.54, 1.807) is 0 Å². The quantitative estimate of drug-likeness (QED) is 0.232. The number of unbranched alkanes of at least 4 members (excludes halogenated alkanes) is 14. The first-order valence-corrected chi connectivity index (χ1v) is 8.35. The Morgan fingerprint density at radius 3 is 1.21 bits per heavy atom. The van der Waals surface area contributed by atoms with Crippen LogP contribution in [0.1, 0.15) is 111 Å². The molecule has 0 saturated heterocycles. The van der Waals surface area contributed by atoms with E-state index < -0.39 is 0 Å². The summed E-state index contributed by atoms with van der Waals surface area (Å²) < 4.78 is 0. The van der Waals surface area contributed by atoms with Crippen molar-refractivity contribution in [2.45, 2.75) is 111 Å². The lowest BCUT2D eigenvalue weighted by molar-refractivity contribution is 0.536. The SMILES string of the molecule is C.C#CCCCCCCCCCCCCCCCC. The van der Waals surface area contributed by atoms with Crippen molar-refractivity contribution in [3.63, 3.8) is 0 Å². The standard InChI is InChI=1S/C18H34.CH4/c1-3-5-7-9-11-13-15-17-18-16-14-12-10-8-6-4-2;/h1H,4-18H2,2H3;1H4. The Morgan fingerprint density at radius 1 is 0.579 bits per heavy atom. The van der Waals surface area contributed by atoms with Crippen molar-refractivity contribution in [1.82, 2.24) is 0 Å². The van der Waals surface area contributed by atoms with E-state index >= 15 is 0 Å². The van der Waals surface area contributed by atoms with Gasteiger partial charge in [-0.05, 0) is 6.42 Å². The van der Waals surface area contributed by atoms with Gasteiger partial charge in [-0.2, -0.15) is 0 Å². The highest BCUT2D eigenvalue weighted by Gasteiger charge is 1.93. The molecule has 114 valence electrons. The van der Waals surface area contributed by atoms with E-state index in [-0.39, 0.29) is 7.43 Å². The molecule has 0 aromatic carbocycles. The van der Waals surface area contributed by atoms with E-state index in [2.05, 4.69) is 12.8 Å². The van der Waals surface area contributed by atoms with Gasteiger partial charge in [0.25, 0.3) is 0 Å². The van der Waals surface area contributed by atoms with Crippen molar-refractivity contribution < 1.29 is 0 Å². The summed E-state index contributed by atoms with van der Waals surface area (Å²) in [7, 11) is 0. The van der Waals surface area contributed by atoms with Crippen LogP contribution in [0.2, 0.25) is 0 Å². The van der Waals surface area contributed by atoms with Gasteiger partial charge in [-0.15, -0.1) is 12.3 Å². The van der Waals surface area contributed by atoms with Gasteiger partial charge in [0.15, 0.2) is 0 Å². The summed E-state index contributed by atoms with van der Waals surface area (Å²) in [6.07, 6.45) is 26.0. The van der Waals surface area contributed by atoms with E-state index in [1.165, 1.54) is 89.9 Å². The molecule has 0 aliphatic heterocycles. The van der Waals surface area contributed by atoms with Crippen molar-refractivity contribution in [2.75, 3.05) is 0 Å². The first-order chi connectivity index (χ1) is 8.91. The van der Waals surface area contributed by atoms with Gasteiger partial charge in [-0.1, -0.05) is 97.8 Å². The smallest absolute Gasteiger partial charge is 0.00860 e. The summed E-state index contributed by atoms with van der Waals surface area (Å²) in [4.78, 5) is 0. The first-order valence-electron chi connectivity index (χ1n) is 8.35. The zero-order chi connectivity index (χ0) is 13.3. The number of rotatable bonds is 14. The Kier molecular flexibility index (Phi) is 21.8. The van der Waals surface area contributed by atoms with Crippen molar-refractivity contribution >= 4 is 0 Å². The average molecular weight is 267 g/mol. The highest BCUT2D eigenvalue weighted by molar-refractivity contribution is 4.82. The molecule has 0 bridgehead atoms. The molecule has 0 heterocycles. The van der Waals surface area contributed by atoms with Gasteiger partial charge < -0.3 is 0 Å². The van der Waals surface area contributed by atoms with Crippen molar-refractivity contribution in [3.05, 3.63) is 0 Å². The molecule has 0 nitrogen and oxygen atoms in total. The van der Waals surface area contributed by atoms with Crippen LogP contribution in [0.3, 0.4) is 0 Å². The summed E-state index contributed by atoms with van der Waals surface area (Å²) in [5.41, 5.74) is 0. The van der Waals surface area contributed by atoms with Gasteiger partial charge in [0, 0.05) is 6.42 Å². The van der Waals surface area contributed by atoms with Crippen LogP contribution in [0.25, 0.3) is 0 Å². The minimum absolute atomic E-state index is 0. The van der Waals surface area contributed by atoms with E-state index in [0.717, 1.165) is 6.42 Å². The Hall–Kier alpha value is -0.440. The van der Waals surface area contributed by atoms with Gasteiger partial charge >= 0.3 is 0 Å². The summed E-state index contributed by atoms with van der Waals surface area (Å²) in [5.74, 6) is 2.71. The van der Waals surface area contributed by atoms with Crippen LogP contribution >= 0.6 is 0 Å². The Bertz CT molecular complexity index is 175. The summed E-state index contributed by atoms with van der Waals surface area (Å²) in [6, 6.07) is 0. The average Bonchev–Trinajstić information content (AvgIpc) is 2.39. The maximum absolute atomic E-state index is 5.23. The number of hydrogen-bond donors (Lipinski definition) is 0. The van der Waals surface area contributed by atoms with Gasteiger partial charge in [0.1, 0.15) is 0 Å². The Balaban J connectivity index is 0. The maximum Gasteiger partial charge on any atom is 0.00860 e. The Labute approximate surface area is 123 Å². The normalized spacial score (nSPS) is 9.89. The largest absolute Gasteiger partial charge is 0.120 e. The van der Waals surface area contributed by atoms with Crippen molar-refractivity contribution in [2.24, 2.45) is 0 Å². The van der Waals surface area contributed by atoms with Crippen LogP contribution in [-0.4, -0.2) is 0 Å². The topological polar surface area (TPSA) is 0 Å². The van der Waals surface area contributed by atoms with Crippen LogP contribution < -0.4 is 0 Å². The summed E-state index contributed by atoms with van der Waals surface area (Å²) in [6.45, 7) is 2.28. The summed E-state index contributed by atoms with van der Waals surface area (Å²) >= 11 is 0. The van der Waals surface area contributed by atoms with Gasteiger partial charge in [-0.25, -0.2) is 0 Å². The minimum Gasteiger partial charge on any atom is -0.120 e. The zero-order valence-corrected chi connectivity index (χ0v) is 12.7. The predicted octanol–water partition coefficient (Wildman–Crippen LogP) is 7.13. The van der Waals surface area contributed by atoms with Crippen LogP contribution in [-0.2, 0) is 0 Å². The lowest BCUT2D eigenvalue weighted by Crippen LogP contribution is -1.83. The number of terminal acetylenes is 1. The fourth-order valence-corrected chi connectivity index (χ4v) is 2.42. The van der Waals surface area contributed by atoms with Crippen molar-refractivity contribution in [3.8, 4) is 12.3 Å². The zero-order valence-electron chi connectivity index (χ0n) is 12.7. The second-order valence-electron chi connectivity index (χ2n) is 5.55. The highest BCUT2D eigenvalue weighted by atomic mass is 14.0. The molecule has 0 unspecified atom stereocenters. The minimum atomic E-state index is 0. The molecule has 0 spiro atoms. The molecular formula is C19H38. The fraction of sp³-hybridized carbons (Fsp3) is 0.895. The molecule has 0 rings (SSSR count). The molecule has 0 aliphatic carbocycles. The molecule has 0 saturated carbocycles. The van der Waals surface area contributed by atoms with E-state index in [4.69, 9.17) is 6.42 Å². The molecular weight excluding hydrogens is 228 g/mol. The highest BCUT2D eigenvalue weighted by Crippen LogP contribution is 2.13. The molecule has 0 amide bonds. The van der Waals surface area contributed by atoms with Crippen molar-refractivity contribution in [1.29, 1.82) is 0 Å². The molecule has 0 aromatic rings. The van der Waals surface area contributed by atoms with E-state index in [0.29, 0.717) is 0 Å². The van der Waals surface area contributed by atoms with E-state index in [1.807, 2.05) is 0 Å². The molecule has 0 atom stereocenters. The lowest BCUT2D eigenvalue weighted by Gasteiger charge is -2.02. The van der Waals surface area contributed by atoms with Crippen LogP contribution in [0.5, 0.6) is 0 Å². The molecule has 0 aromatic heterocycles. The maximum atomic E-state index is 5.23. The molecule has 0 aliphatic rings. The second kappa shape index (κ2) is 19.9. The fourth-order valence-electron chi connectivity index (χ4n) is 2.42. The third-order valence-electron chi connectivity index (χ3n) is 3.67. The van der Waals surface area contributed by atoms with Crippen LogP contribution in [0, 0.1) is 12.3 Å². The van der Waals surface area contributed by atoms with E-state index in [9.17, 15) is 0 Å². The molecule has 0 N–H and O–H groups in total. The third kappa shape index (κ3) is 20.1. The molecule has 0 fully saturated rings. The number of hydrogen-bond acceptors (Lipinski definition) is 0. The second-order valence-corrected chi connectivity index (χ2v) is 5.55. The lowest BCUT2D eigenvalue weighted by atomic mass is 10.0. The monoisotopic (exact) mass is 266 g/mol. The molecule has 0 radical (unpaired) electrons. The predicted molar refractivity (Wildman–Crippen MR) is 90.5 cm³/mol. The summed E-state index contributed by atoms with van der Waals surface area (Å²) in [5, 5.41) is 0.